The number of rotatable bonds is 5. The highest BCUT2D eigenvalue weighted by Gasteiger charge is 2.42. The number of aromatic nitrogens is 3. The summed E-state index contributed by atoms with van der Waals surface area (Å²) in [4.78, 5) is 48.4. The zero-order valence-corrected chi connectivity index (χ0v) is 27.2. The predicted molar refractivity (Wildman–Crippen MR) is 176 cm³/mol. The van der Waals surface area contributed by atoms with Crippen molar-refractivity contribution in [3.63, 3.8) is 0 Å². The summed E-state index contributed by atoms with van der Waals surface area (Å²) >= 11 is 6.03. The Bertz CT molecular complexity index is 1770. The Labute approximate surface area is 273 Å². The van der Waals surface area contributed by atoms with Crippen LogP contribution in [-0.2, 0) is 16.1 Å². The lowest BCUT2D eigenvalue weighted by atomic mass is 9.79. The molecule has 2 aliphatic heterocycles. The molecule has 2 aromatic heterocycles. The maximum atomic E-state index is 14.0. The molecule has 242 valence electrons. The molecule has 0 radical (unpaired) electrons. The Hall–Kier alpha value is -4.15. The van der Waals surface area contributed by atoms with Crippen LogP contribution in [0.3, 0.4) is 0 Å². The fourth-order valence-corrected chi connectivity index (χ4v) is 6.73. The zero-order valence-electron chi connectivity index (χ0n) is 26.4. The van der Waals surface area contributed by atoms with Gasteiger partial charge in [0.2, 0.25) is 5.91 Å². The molecule has 2 aliphatic rings. The minimum Gasteiger partial charge on any atom is -0.444 e. The van der Waals surface area contributed by atoms with Crippen molar-refractivity contribution >= 4 is 34.6 Å². The standard InChI is InChI=1S/C35H40ClN5O5/c1-34(2,3)46-33(44)39-17-13-27(29(21-39)24-7-5-4-6-8-24)31(42)38-19-15-35(45,16-20-38)22-40-23-37-30-28(32(40)43)14-18-41(30)26-11-9-25(36)10-12-26/h4-12,14,18,23,27,29,45H,13,15-17,19-22H2,1-3H3/t27-,29+/m1/s1. The highest BCUT2D eigenvalue weighted by atomic mass is 35.5. The van der Waals surface area contributed by atoms with Crippen molar-refractivity contribution in [3.8, 4) is 5.69 Å². The largest absolute Gasteiger partial charge is 0.444 e. The van der Waals surface area contributed by atoms with Crippen molar-refractivity contribution in [1.82, 2.24) is 23.9 Å². The van der Waals surface area contributed by atoms with Gasteiger partial charge in [-0.15, -0.1) is 0 Å². The van der Waals surface area contributed by atoms with Gasteiger partial charge in [-0.25, -0.2) is 9.78 Å². The van der Waals surface area contributed by atoms with Gasteiger partial charge in [0, 0.05) is 54.9 Å². The molecule has 4 aromatic rings. The predicted octanol–water partition coefficient (Wildman–Crippen LogP) is 5.23. The van der Waals surface area contributed by atoms with Crippen LogP contribution in [-0.4, -0.2) is 78.4 Å². The maximum absolute atomic E-state index is 14.0. The summed E-state index contributed by atoms with van der Waals surface area (Å²) in [6, 6.07) is 18.9. The molecule has 0 aliphatic carbocycles. The average molecular weight is 646 g/mol. The molecule has 1 N–H and O–H groups in total. The van der Waals surface area contributed by atoms with E-state index in [0.29, 0.717) is 61.5 Å². The van der Waals surface area contributed by atoms with E-state index in [1.54, 1.807) is 29.3 Å². The van der Waals surface area contributed by atoms with Gasteiger partial charge in [-0.05, 0) is 75.9 Å². The van der Waals surface area contributed by atoms with Crippen molar-refractivity contribution in [2.24, 2.45) is 5.92 Å². The van der Waals surface area contributed by atoms with E-state index in [0.717, 1.165) is 11.3 Å². The van der Waals surface area contributed by atoms with Gasteiger partial charge in [0.25, 0.3) is 5.56 Å². The van der Waals surface area contributed by atoms with Gasteiger partial charge in [-0.2, -0.15) is 0 Å². The summed E-state index contributed by atoms with van der Waals surface area (Å²) in [5.74, 6) is -0.443. The first kappa shape index (κ1) is 31.8. The Kier molecular flexibility index (Phi) is 8.69. The molecule has 11 heteroatoms. The molecule has 0 bridgehead atoms. The third kappa shape index (κ3) is 6.69. The van der Waals surface area contributed by atoms with Crippen molar-refractivity contribution in [3.05, 3.63) is 94.1 Å². The topological polar surface area (TPSA) is 110 Å². The van der Waals surface area contributed by atoms with Gasteiger partial charge >= 0.3 is 6.09 Å². The highest BCUT2D eigenvalue weighted by molar-refractivity contribution is 6.30. The second-order valence-corrected chi connectivity index (χ2v) is 13.9. The number of benzene rings is 2. The van der Waals surface area contributed by atoms with E-state index in [4.69, 9.17) is 16.3 Å². The van der Waals surface area contributed by atoms with Crippen LogP contribution in [0.15, 0.2) is 78.0 Å². The molecule has 0 saturated carbocycles. The van der Waals surface area contributed by atoms with Crippen molar-refractivity contribution in [2.45, 2.75) is 63.7 Å². The van der Waals surface area contributed by atoms with E-state index in [9.17, 15) is 19.5 Å². The molecule has 4 heterocycles. The summed E-state index contributed by atoms with van der Waals surface area (Å²) in [5.41, 5.74) is 0.382. The number of hydrogen-bond acceptors (Lipinski definition) is 6. The second kappa shape index (κ2) is 12.6. The number of piperidine rings is 2. The monoisotopic (exact) mass is 645 g/mol. The molecule has 2 saturated heterocycles. The van der Waals surface area contributed by atoms with Gasteiger partial charge in [-0.3, -0.25) is 14.2 Å². The number of amides is 2. The summed E-state index contributed by atoms with van der Waals surface area (Å²) in [5, 5.41) is 12.6. The number of likely N-dealkylation sites (tertiary alicyclic amines) is 2. The molecule has 10 nitrogen and oxygen atoms in total. The number of aliphatic hydroxyl groups is 1. The number of ether oxygens (including phenoxy) is 1. The smallest absolute Gasteiger partial charge is 0.410 e. The zero-order chi connectivity index (χ0) is 32.6. The molecular weight excluding hydrogens is 606 g/mol. The molecule has 2 amide bonds. The summed E-state index contributed by atoms with van der Waals surface area (Å²) in [7, 11) is 0. The Morgan fingerprint density at radius 2 is 1.70 bits per heavy atom. The summed E-state index contributed by atoms with van der Waals surface area (Å²) in [6.45, 7) is 7.20. The number of carbonyl (C=O) groups excluding carboxylic acids is 2. The van der Waals surface area contributed by atoms with Gasteiger partial charge in [0.15, 0.2) is 5.65 Å². The van der Waals surface area contributed by atoms with E-state index < -0.39 is 11.2 Å². The first-order valence-electron chi connectivity index (χ1n) is 15.8. The molecule has 2 atom stereocenters. The van der Waals surface area contributed by atoms with Crippen LogP contribution >= 0.6 is 11.6 Å². The van der Waals surface area contributed by atoms with Crippen LogP contribution in [0.5, 0.6) is 0 Å². The molecule has 6 rings (SSSR count). The lowest BCUT2D eigenvalue weighted by molar-refractivity contribution is -0.142. The molecule has 2 aromatic carbocycles. The average Bonchev–Trinajstić information content (AvgIpc) is 3.47. The minimum absolute atomic E-state index is 0.0311. The number of halogens is 1. The number of carbonyl (C=O) groups is 2. The van der Waals surface area contributed by atoms with E-state index in [1.165, 1.54) is 10.9 Å². The van der Waals surface area contributed by atoms with Gasteiger partial charge in [0.05, 0.1) is 17.5 Å². The first-order chi connectivity index (χ1) is 21.9. The molecule has 2 fully saturated rings. The SMILES string of the molecule is CC(C)(C)OC(=O)N1CC[C@@H](C(=O)N2CCC(O)(Cn3cnc4c(ccn4-c4ccc(Cl)cc4)c3=O)CC2)[C@H](c2ccccc2)C1. The normalized spacial score (nSPS) is 20.1. The van der Waals surface area contributed by atoms with E-state index in [-0.39, 0.29) is 35.9 Å². The fourth-order valence-electron chi connectivity index (χ4n) is 6.61. The van der Waals surface area contributed by atoms with Crippen LogP contribution in [0, 0.1) is 5.92 Å². The molecular formula is C35H40ClN5O5. The molecule has 46 heavy (non-hydrogen) atoms. The van der Waals surface area contributed by atoms with Crippen LogP contribution in [0.2, 0.25) is 5.02 Å². The van der Waals surface area contributed by atoms with Crippen LogP contribution in [0.25, 0.3) is 16.7 Å². The number of fused-ring (bicyclic) bond motifs is 1. The summed E-state index contributed by atoms with van der Waals surface area (Å²) in [6.07, 6.45) is 4.10. The quantitative estimate of drug-likeness (QED) is 0.318. The highest BCUT2D eigenvalue weighted by Crippen LogP contribution is 2.36. The van der Waals surface area contributed by atoms with E-state index in [2.05, 4.69) is 4.98 Å². The van der Waals surface area contributed by atoms with Crippen LogP contribution < -0.4 is 5.56 Å². The second-order valence-electron chi connectivity index (χ2n) is 13.5. The van der Waals surface area contributed by atoms with Crippen molar-refractivity contribution in [1.29, 1.82) is 0 Å². The maximum Gasteiger partial charge on any atom is 0.410 e. The Balaban J connectivity index is 1.13. The Morgan fingerprint density at radius 1 is 1.00 bits per heavy atom. The van der Waals surface area contributed by atoms with Gasteiger partial charge in [-0.1, -0.05) is 41.9 Å². The third-order valence-electron chi connectivity index (χ3n) is 9.05. The number of hydrogen-bond donors (Lipinski definition) is 1. The third-order valence-corrected chi connectivity index (χ3v) is 9.31. The van der Waals surface area contributed by atoms with Crippen LogP contribution in [0.1, 0.15) is 51.5 Å². The van der Waals surface area contributed by atoms with Crippen molar-refractivity contribution in [2.75, 3.05) is 26.2 Å². The van der Waals surface area contributed by atoms with Crippen LogP contribution in [0.4, 0.5) is 4.79 Å². The van der Waals surface area contributed by atoms with E-state index >= 15 is 0 Å². The fraction of sp³-hybridized carbons (Fsp3) is 0.429. The van der Waals surface area contributed by atoms with E-state index in [1.807, 2.05) is 72.7 Å². The lowest BCUT2D eigenvalue weighted by Gasteiger charge is -2.43. The van der Waals surface area contributed by atoms with Gasteiger partial charge < -0.3 is 24.2 Å². The molecule has 0 unspecified atom stereocenters. The number of nitrogens with zero attached hydrogens (tertiary/aromatic N) is 5. The first-order valence-corrected chi connectivity index (χ1v) is 16.2. The lowest BCUT2D eigenvalue weighted by Crippen LogP contribution is -2.53. The molecule has 0 spiro atoms. The summed E-state index contributed by atoms with van der Waals surface area (Å²) < 4.78 is 8.92. The Morgan fingerprint density at radius 3 is 2.37 bits per heavy atom. The minimum atomic E-state index is -1.16. The van der Waals surface area contributed by atoms with Gasteiger partial charge in [0.1, 0.15) is 11.9 Å². The van der Waals surface area contributed by atoms with Crippen molar-refractivity contribution < 1.29 is 19.4 Å².